The number of hydrogen-bond donors (Lipinski definition) is 0. The third-order valence-electron chi connectivity index (χ3n) is 2.62. The highest BCUT2D eigenvalue weighted by atomic mass is 79.9. The highest BCUT2D eigenvalue weighted by Crippen LogP contribution is 2.36. The molecule has 0 aliphatic heterocycles. The molecule has 0 amide bonds. The van der Waals surface area contributed by atoms with Crippen LogP contribution in [0, 0.1) is 5.92 Å². The molecular weight excluding hydrogens is 216 g/mol. The number of Topliss-reactive ketones (excluding diaryl/α,β-unsaturated/α-hetero) is 1. The molecular formula is C10H11BrO. The van der Waals surface area contributed by atoms with Gasteiger partial charge in [0, 0.05) is 12.8 Å². The summed E-state index contributed by atoms with van der Waals surface area (Å²) >= 11 is 3.50. The Bertz CT molecular complexity index is 276. The van der Waals surface area contributed by atoms with E-state index < -0.39 is 0 Å². The van der Waals surface area contributed by atoms with Crippen molar-refractivity contribution in [2.24, 2.45) is 5.92 Å². The minimum atomic E-state index is 0.406. The van der Waals surface area contributed by atoms with Crippen molar-refractivity contribution in [3.8, 4) is 0 Å². The van der Waals surface area contributed by atoms with Crippen molar-refractivity contribution in [3.63, 3.8) is 0 Å². The molecule has 1 fully saturated rings. The van der Waals surface area contributed by atoms with E-state index in [0.717, 1.165) is 19.3 Å². The normalized spacial score (nSPS) is 29.1. The Balaban J connectivity index is 2.20. The van der Waals surface area contributed by atoms with E-state index in [9.17, 15) is 4.79 Å². The molecule has 2 heteroatoms. The monoisotopic (exact) mass is 226 g/mol. The van der Waals surface area contributed by atoms with Gasteiger partial charge in [-0.25, -0.2) is 0 Å². The van der Waals surface area contributed by atoms with Crippen molar-refractivity contribution in [1.82, 2.24) is 0 Å². The standard InChI is InChI=1S/C10H11BrO/c11-9-3-1-8-6-10(12)4-2-7(8)5-9/h1,3,7H,2,4-6H2. The maximum Gasteiger partial charge on any atom is 0.136 e. The lowest BCUT2D eigenvalue weighted by Gasteiger charge is -2.26. The molecule has 0 spiro atoms. The minimum absolute atomic E-state index is 0.406. The topological polar surface area (TPSA) is 17.1 Å². The van der Waals surface area contributed by atoms with Crippen LogP contribution in [0.15, 0.2) is 22.2 Å². The highest BCUT2D eigenvalue weighted by Gasteiger charge is 2.25. The van der Waals surface area contributed by atoms with Crippen molar-refractivity contribution in [1.29, 1.82) is 0 Å². The van der Waals surface area contributed by atoms with Gasteiger partial charge in [-0.05, 0) is 23.2 Å². The fourth-order valence-electron chi connectivity index (χ4n) is 1.91. The van der Waals surface area contributed by atoms with E-state index in [1.165, 1.54) is 10.1 Å². The predicted molar refractivity (Wildman–Crippen MR) is 52.1 cm³/mol. The van der Waals surface area contributed by atoms with E-state index >= 15 is 0 Å². The van der Waals surface area contributed by atoms with Crippen LogP contribution in [-0.4, -0.2) is 5.78 Å². The lowest BCUT2D eigenvalue weighted by atomic mass is 9.79. The third kappa shape index (κ3) is 1.53. The first-order valence-electron chi connectivity index (χ1n) is 4.32. The molecule has 0 aromatic heterocycles. The largest absolute Gasteiger partial charge is 0.299 e. The zero-order valence-electron chi connectivity index (χ0n) is 6.85. The van der Waals surface area contributed by atoms with Crippen molar-refractivity contribution in [2.45, 2.75) is 25.7 Å². The van der Waals surface area contributed by atoms with Crippen LogP contribution in [0.2, 0.25) is 0 Å². The van der Waals surface area contributed by atoms with Gasteiger partial charge in [0.1, 0.15) is 5.78 Å². The number of carbonyl (C=O) groups excluding carboxylic acids is 1. The second-order valence-electron chi connectivity index (χ2n) is 3.51. The first kappa shape index (κ1) is 8.24. The van der Waals surface area contributed by atoms with Gasteiger partial charge < -0.3 is 0 Å². The SMILES string of the molecule is O=C1CCC2CC(Br)=CC=C2C1. The third-order valence-corrected chi connectivity index (χ3v) is 3.21. The van der Waals surface area contributed by atoms with Gasteiger partial charge in [0.05, 0.1) is 0 Å². The Morgan fingerprint density at radius 3 is 3.08 bits per heavy atom. The molecule has 0 radical (unpaired) electrons. The second kappa shape index (κ2) is 3.17. The van der Waals surface area contributed by atoms with Gasteiger partial charge in [-0.1, -0.05) is 33.7 Å². The smallest absolute Gasteiger partial charge is 0.136 e. The number of fused-ring (bicyclic) bond motifs is 1. The van der Waals surface area contributed by atoms with Crippen LogP contribution in [0.1, 0.15) is 25.7 Å². The Hall–Kier alpha value is -0.370. The van der Waals surface area contributed by atoms with Crippen molar-refractivity contribution < 1.29 is 4.79 Å². The summed E-state index contributed by atoms with van der Waals surface area (Å²) in [5.74, 6) is 1.05. The fraction of sp³-hybridized carbons (Fsp3) is 0.500. The molecule has 0 N–H and O–H groups in total. The van der Waals surface area contributed by atoms with Gasteiger partial charge >= 0.3 is 0 Å². The van der Waals surface area contributed by atoms with Crippen LogP contribution in [0.3, 0.4) is 0 Å². The summed E-state index contributed by atoms with van der Waals surface area (Å²) in [6, 6.07) is 0. The number of halogens is 1. The van der Waals surface area contributed by atoms with Crippen LogP contribution in [-0.2, 0) is 4.79 Å². The van der Waals surface area contributed by atoms with Crippen LogP contribution in [0.4, 0.5) is 0 Å². The Kier molecular flexibility index (Phi) is 2.18. The summed E-state index contributed by atoms with van der Waals surface area (Å²) < 4.78 is 1.27. The number of allylic oxidation sites excluding steroid dienone is 4. The average molecular weight is 227 g/mol. The van der Waals surface area contributed by atoms with Crippen molar-refractivity contribution >= 4 is 21.7 Å². The number of ketones is 1. The first-order chi connectivity index (χ1) is 5.75. The lowest BCUT2D eigenvalue weighted by molar-refractivity contribution is -0.119. The predicted octanol–water partition coefficient (Wildman–Crippen LogP) is 2.96. The molecule has 2 rings (SSSR count). The fourth-order valence-corrected chi connectivity index (χ4v) is 2.43. The van der Waals surface area contributed by atoms with Gasteiger partial charge in [0.25, 0.3) is 0 Å². The lowest BCUT2D eigenvalue weighted by Crippen LogP contribution is -2.18. The van der Waals surface area contributed by atoms with E-state index in [-0.39, 0.29) is 0 Å². The molecule has 0 aromatic rings. The zero-order valence-corrected chi connectivity index (χ0v) is 8.43. The van der Waals surface area contributed by atoms with E-state index in [1.54, 1.807) is 0 Å². The molecule has 0 aromatic carbocycles. The van der Waals surface area contributed by atoms with Gasteiger partial charge in [0.2, 0.25) is 0 Å². The summed E-state index contributed by atoms with van der Waals surface area (Å²) in [6.45, 7) is 0. The number of carbonyl (C=O) groups is 1. The Labute approximate surface area is 80.7 Å². The first-order valence-corrected chi connectivity index (χ1v) is 5.12. The zero-order chi connectivity index (χ0) is 8.55. The van der Waals surface area contributed by atoms with E-state index in [1.807, 2.05) is 0 Å². The summed E-state index contributed by atoms with van der Waals surface area (Å²) in [7, 11) is 0. The Morgan fingerprint density at radius 1 is 1.42 bits per heavy atom. The molecule has 12 heavy (non-hydrogen) atoms. The van der Waals surface area contributed by atoms with E-state index in [4.69, 9.17) is 0 Å². The van der Waals surface area contributed by atoms with Crippen LogP contribution < -0.4 is 0 Å². The number of hydrogen-bond acceptors (Lipinski definition) is 1. The number of rotatable bonds is 0. The van der Waals surface area contributed by atoms with Crippen LogP contribution in [0.25, 0.3) is 0 Å². The Morgan fingerprint density at radius 2 is 2.25 bits per heavy atom. The molecule has 0 heterocycles. The van der Waals surface area contributed by atoms with Crippen LogP contribution >= 0.6 is 15.9 Å². The van der Waals surface area contributed by atoms with Gasteiger partial charge in [-0.15, -0.1) is 0 Å². The van der Waals surface area contributed by atoms with Gasteiger partial charge in [0.15, 0.2) is 0 Å². The van der Waals surface area contributed by atoms with Crippen LogP contribution in [0.5, 0.6) is 0 Å². The molecule has 0 saturated heterocycles. The van der Waals surface area contributed by atoms with Crippen molar-refractivity contribution in [2.75, 3.05) is 0 Å². The highest BCUT2D eigenvalue weighted by molar-refractivity contribution is 9.11. The molecule has 2 aliphatic rings. The molecule has 1 unspecified atom stereocenters. The van der Waals surface area contributed by atoms with Gasteiger partial charge in [-0.3, -0.25) is 4.79 Å². The summed E-state index contributed by atoms with van der Waals surface area (Å²) in [5.41, 5.74) is 1.34. The molecule has 1 atom stereocenters. The molecule has 1 nitrogen and oxygen atoms in total. The molecule has 0 bridgehead atoms. The maximum atomic E-state index is 11.1. The molecule has 2 aliphatic carbocycles. The maximum absolute atomic E-state index is 11.1. The summed E-state index contributed by atoms with van der Waals surface area (Å²) in [6.07, 6.45) is 7.80. The minimum Gasteiger partial charge on any atom is -0.299 e. The molecule has 64 valence electrons. The summed E-state index contributed by atoms with van der Waals surface area (Å²) in [4.78, 5) is 11.1. The average Bonchev–Trinajstić information content (AvgIpc) is 2.05. The quantitative estimate of drug-likeness (QED) is 0.621. The summed E-state index contributed by atoms with van der Waals surface area (Å²) in [5, 5.41) is 0. The van der Waals surface area contributed by atoms with Gasteiger partial charge in [-0.2, -0.15) is 0 Å². The van der Waals surface area contributed by atoms with Crippen molar-refractivity contribution in [3.05, 3.63) is 22.2 Å². The van der Waals surface area contributed by atoms with E-state index in [2.05, 4.69) is 28.1 Å². The van der Waals surface area contributed by atoms with E-state index in [0.29, 0.717) is 18.1 Å². The molecule has 1 saturated carbocycles. The second-order valence-corrected chi connectivity index (χ2v) is 4.53.